The van der Waals surface area contributed by atoms with E-state index < -0.39 is 5.25 Å². The summed E-state index contributed by atoms with van der Waals surface area (Å²) >= 11 is 1.31. The fourth-order valence-electron chi connectivity index (χ4n) is 3.34. The molecule has 1 atom stereocenters. The van der Waals surface area contributed by atoms with Gasteiger partial charge in [0.15, 0.2) is 10.9 Å². The van der Waals surface area contributed by atoms with Gasteiger partial charge in [0.1, 0.15) is 5.75 Å². The summed E-state index contributed by atoms with van der Waals surface area (Å²) in [6, 6.07) is 24.0. The molecule has 0 fully saturated rings. The van der Waals surface area contributed by atoms with Gasteiger partial charge in [0, 0.05) is 5.56 Å². The van der Waals surface area contributed by atoms with Gasteiger partial charge >= 0.3 is 0 Å². The molecule has 3 aromatic carbocycles. The van der Waals surface area contributed by atoms with Gasteiger partial charge in [0.05, 0.1) is 29.8 Å². The molecule has 1 heterocycles. The van der Waals surface area contributed by atoms with Crippen LogP contribution < -0.4 is 10.3 Å². The molecule has 4 aromatic rings. The number of fused-ring (bicyclic) bond motifs is 1. The lowest BCUT2D eigenvalue weighted by Crippen LogP contribution is -2.25. The number of ether oxygens (including phenoxy) is 1. The van der Waals surface area contributed by atoms with E-state index in [0.717, 1.165) is 11.3 Å². The zero-order chi connectivity index (χ0) is 21.8. The minimum atomic E-state index is -0.391. The Morgan fingerprint density at radius 1 is 1.00 bits per heavy atom. The quantitative estimate of drug-likeness (QED) is 0.239. The molecule has 4 rings (SSSR count). The molecule has 0 aliphatic rings. The Balaban J connectivity index is 1.73. The highest BCUT2D eigenvalue weighted by Gasteiger charge is 2.20. The summed E-state index contributed by atoms with van der Waals surface area (Å²) in [6.45, 7) is 2.20. The van der Waals surface area contributed by atoms with E-state index in [4.69, 9.17) is 9.72 Å². The second-order valence-electron chi connectivity index (χ2n) is 7.14. The molecule has 31 heavy (non-hydrogen) atoms. The first-order chi connectivity index (χ1) is 15.1. The smallest absolute Gasteiger partial charge is 0.262 e. The largest absolute Gasteiger partial charge is 0.497 e. The summed E-state index contributed by atoms with van der Waals surface area (Å²) in [4.78, 5) is 30.9. The Morgan fingerprint density at radius 3 is 2.39 bits per heavy atom. The van der Waals surface area contributed by atoms with Gasteiger partial charge in [0.25, 0.3) is 5.56 Å². The number of hydrogen-bond acceptors (Lipinski definition) is 5. The van der Waals surface area contributed by atoms with Crippen molar-refractivity contribution >= 4 is 28.4 Å². The Bertz CT molecular complexity index is 1270. The van der Waals surface area contributed by atoms with Crippen molar-refractivity contribution in [1.82, 2.24) is 9.55 Å². The fraction of sp³-hybridized carbons (Fsp3) is 0.160. The molecule has 0 aliphatic carbocycles. The van der Waals surface area contributed by atoms with Gasteiger partial charge < -0.3 is 4.74 Å². The molecule has 0 spiro atoms. The fourth-order valence-corrected chi connectivity index (χ4v) is 4.32. The van der Waals surface area contributed by atoms with E-state index in [0.29, 0.717) is 28.2 Å². The molecule has 1 aromatic heterocycles. The third-order valence-electron chi connectivity index (χ3n) is 5.04. The van der Waals surface area contributed by atoms with Crippen molar-refractivity contribution in [3.05, 3.63) is 100 Å². The van der Waals surface area contributed by atoms with E-state index in [9.17, 15) is 9.59 Å². The van der Waals surface area contributed by atoms with Crippen molar-refractivity contribution in [3.8, 4) is 5.75 Å². The topological polar surface area (TPSA) is 61.2 Å². The van der Waals surface area contributed by atoms with Crippen molar-refractivity contribution in [2.24, 2.45) is 0 Å². The first-order valence-corrected chi connectivity index (χ1v) is 10.8. The highest BCUT2D eigenvalue weighted by molar-refractivity contribution is 8.00. The molecule has 0 aliphatic heterocycles. The highest BCUT2D eigenvalue weighted by atomic mass is 32.2. The minimum Gasteiger partial charge on any atom is -0.497 e. The molecule has 0 saturated carbocycles. The normalized spacial score (nSPS) is 11.9. The van der Waals surface area contributed by atoms with Crippen molar-refractivity contribution < 1.29 is 9.53 Å². The number of para-hydroxylation sites is 1. The van der Waals surface area contributed by atoms with Crippen molar-refractivity contribution in [3.63, 3.8) is 0 Å². The maximum atomic E-state index is 13.3. The molecular weight excluding hydrogens is 408 g/mol. The summed E-state index contributed by atoms with van der Waals surface area (Å²) in [5, 5.41) is 0.691. The van der Waals surface area contributed by atoms with Gasteiger partial charge in [-0.1, -0.05) is 66.4 Å². The molecule has 6 heteroatoms. The first kappa shape index (κ1) is 20.9. The standard InChI is InChI=1S/C25H22N2O3S/c1-17(23(28)19-8-4-3-5-9-19)31-25-26-22-11-7-6-10-21(22)24(29)27(25)16-18-12-14-20(30-2)15-13-18/h3-15,17H,16H2,1-2H3. The van der Waals surface area contributed by atoms with Crippen LogP contribution in [0.2, 0.25) is 0 Å². The van der Waals surface area contributed by atoms with Crippen LogP contribution in [-0.2, 0) is 6.54 Å². The zero-order valence-electron chi connectivity index (χ0n) is 17.3. The molecule has 156 valence electrons. The van der Waals surface area contributed by atoms with Crippen molar-refractivity contribution in [2.75, 3.05) is 7.11 Å². The van der Waals surface area contributed by atoms with Crippen LogP contribution in [0.15, 0.2) is 88.8 Å². The lowest BCUT2D eigenvalue weighted by molar-refractivity contribution is 0.0994. The molecule has 0 radical (unpaired) electrons. The number of carbonyl (C=O) groups is 1. The molecule has 0 bridgehead atoms. The number of methoxy groups -OCH3 is 1. The molecule has 1 unspecified atom stereocenters. The SMILES string of the molecule is COc1ccc(Cn2c(SC(C)C(=O)c3ccccc3)nc3ccccc3c2=O)cc1. The third kappa shape index (κ3) is 4.54. The van der Waals surface area contributed by atoms with Crippen LogP contribution in [0, 0.1) is 0 Å². The summed E-state index contributed by atoms with van der Waals surface area (Å²) < 4.78 is 6.87. The van der Waals surface area contributed by atoms with E-state index in [1.165, 1.54) is 11.8 Å². The van der Waals surface area contributed by atoms with Crippen LogP contribution in [0.1, 0.15) is 22.8 Å². The summed E-state index contributed by atoms with van der Waals surface area (Å²) in [6.07, 6.45) is 0. The second kappa shape index (κ2) is 9.18. The number of hydrogen-bond donors (Lipinski definition) is 0. The number of nitrogens with zero attached hydrogens (tertiary/aromatic N) is 2. The average Bonchev–Trinajstić information content (AvgIpc) is 2.82. The van der Waals surface area contributed by atoms with E-state index >= 15 is 0 Å². The summed E-state index contributed by atoms with van der Waals surface area (Å²) in [5.74, 6) is 0.758. The summed E-state index contributed by atoms with van der Waals surface area (Å²) in [5.41, 5.74) is 2.10. The van der Waals surface area contributed by atoms with Crippen LogP contribution >= 0.6 is 11.8 Å². The number of thioether (sulfide) groups is 1. The lowest BCUT2D eigenvalue weighted by Gasteiger charge is -2.16. The second-order valence-corrected chi connectivity index (χ2v) is 8.45. The Hall–Kier alpha value is -3.38. The molecular formula is C25H22N2O3S. The van der Waals surface area contributed by atoms with Crippen LogP contribution in [0.3, 0.4) is 0 Å². The van der Waals surface area contributed by atoms with E-state index in [1.54, 1.807) is 29.9 Å². The number of benzene rings is 3. The van der Waals surface area contributed by atoms with Gasteiger partial charge in [-0.2, -0.15) is 0 Å². The van der Waals surface area contributed by atoms with Gasteiger partial charge in [-0.25, -0.2) is 4.98 Å². The third-order valence-corrected chi connectivity index (χ3v) is 6.13. The molecule has 0 amide bonds. The maximum Gasteiger partial charge on any atom is 0.262 e. The van der Waals surface area contributed by atoms with Crippen LogP contribution in [-0.4, -0.2) is 27.7 Å². The van der Waals surface area contributed by atoms with Crippen LogP contribution in [0.5, 0.6) is 5.75 Å². The van der Waals surface area contributed by atoms with Crippen molar-refractivity contribution in [2.45, 2.75) is 23.9 Å². The number of rotatable bonds is 7. The zero-order valence-corrected chi connectivity index (χ0v) is 18.1. The Labute approximate surface area is 184 Å². The molecule has 0 saturated heterocycles. The van der Waals surface area contributed by atoms with Crippen LogP contribution in [0.25, 0.3) is 10.9 Å². The van der Waals surface area contributed by atoms with Gasteiger partial charge in [-0.15, -0.1) is 0 Å². The van der Waals surface area contributed by atoms with E-state index in [-0.39, 0.29) is 11.3 Å². The lowest BCUT2D eigenvalue weighted by atomic mass is 10.1. The van der Waals surface area contributed by atoms with Crippen molar-refractivity contribution in [1.29, 1.82) is 0 Å². The van der Waals surface area contributed by atoms with Gasteiger partial charge in [0.2, 0.25) is 0 Å². The number of aromatic nitrogens is 2. The minimum absolute atomic E-state index is 0.00371. The van der Waals surface area contributed by atoms with Gasteiger partial charge in [-0.05, 0) is 36.8 Å². The van der Waals surface area contributed by atoms with E-state index in [2.05, 4.69) is 0 Å². The number of carbonyl (C=O) groups excluding carboxylic acids is 1. The van der Waals surface area contributed by atoms with Gasteiger partial charge in [-0.3, -0.25) is 14.2 Å². The highest BCUT2D eigenvalue weighted by Crippen LogP contribution is 2.26. The molecule has 5 nitrogen and oxygen atoms in total. The first-order valence-electron chi connectivity index (χ1n) is 9.95. The van der Waals surface area contributed by atoms with E-state index in [1.807, 2.05) is 67.6 Å². The Morgan fingerprint density at radius 2 is 1.68 bits per heavy atom. The maximum absolute atomic E-state index is 13.3. The summed E-state index contributed by atoms with van der Waals surface area (Å²) in [7, 11) is 1.62. The predicted octanol–water partition coefficient (Wildman–Crippen LogP) is 4.82. The molecule has 0 N–H and O–H groups in total. The number of ketones is 1. The predicted molar refractivity (Wildman–Crippen MR) is 124 cm³/mol. The Kier molecular flexibility index (Phi) is 6.18. The van der Waals surface area contributed by atoms with Crippen LogP contribution in [0.4, 0.5) is 0 Å². The number of Topliss-reactive ketones (excluding diaryl/α,β-unsaturated/α-hetero) is 1. The monoisotopic (exact) mass is 430 g/mol. The average molecular weight is 431 g/mol.